The fourth-order valence-electron chi connectivity index (χ4n) is 3.84. The Kier molecular flexibility index (Phi) is 6.37. The maximum atomic E-state index is 13.2. The molecular formula is C25H23N7O4. The summed E-state index contributed by atoms with van der Waals surface area (Å²) >= 11 is 0. The molecule has 3 N–H and O–H groups in total. The molecule has 0 radical (unpaired) electrons. The van der Waals surface area contributed by atoms with Crippen molar-refractivity contribution in [3.63, 3.8) is 0 Å². The van der Waals surface area contributed by atoms with E-state index in [-0.39, 0.29) is 42.8 Å². The van der Waals surface area contributed by atoms with Gasteiger partial charge in [-0.15, -0.1) is 0 Å². The van der Waals surface area contributed by atoms with Crippen LogP contribution in [0.2, 0.25) is 0 Å². The number of anilines is 1. The van der Waals surface area contributed by atoms with Crippen molar-refractivity contribution in [2.45, 2.75) is 19.8 Å². The molecule has 0 saturated heterocycles. The number of aryl methyl sites for hydroxylation is 2. The third-order valence-electron chi connectivity index (χ3n) is 5.57. The SMILES string of the molecule is Cc1cnc2ccc(-c3nc(C(=O)CCc4ncccc4OCCO)c(N)nc3-c3ncco3)cn12. The highest BCUT2D eigenvalue weighted by Crippen LogP contribution is 2.31. The van der Waals surface area contributed by atoms with Crippen LogP contribution in [-0.4, -0.2) is 53.4 Å². The zero-order valence-corrected chi connectivity index (χ0v) is 19.5. The van der Waals surface area contributed by atoms with Gasteiger partial charge in [-0.3, -0.25) is 9.78 Å². The number of ether oxygens (including phenoxy) is 1. The molecule has 182 valence electrons. The maximum absolute atomic E-state index is 13.2. The van der Waals surface area contributed by atoms with Crippen molar-refractivity contribution in [3.8, 4) is 28.6 Å². The number of imidazole rings is 1. The lowest BCUT2D eigenvalue weighted by atomic mass is 10.1. The first-order valence-corrected chi connectivity index (χ1v) is 11.3. The van der Waals surface area contributed by atoms with Gasteiger partial charge in [0.05, 0.1) is 18.5 Å². The van der Waals surface area contributed by atoms with Gasteiger partial charge in [0.15, 0.2) is 17.3 Å². The number of aliphatic hydroxyl groups excluding tert-OH is 1. The van der Waals surface area contributed by atoms with E-state index in [0.717, 1.165) is 11.3 Å². The highest BCUT2D eigenvalue weighted by molar-refractivity contribution is 5.99. The fraction of sp³-hybridized carbons (Fsp3) is 0.200. The van der Waals surface area contributed by atoms with Crippen molar-refractivity contribution in [2.75, 3.05) is 18.9 Å². The van der Waals surface area contributed by atoms with E-state index in [4.69, 9.17) is 20.0 Å². The Hall–Kier alpha value is -4.64. The van der Waals surface area contributed by atoms with E-state index in [9.17, 15) is 4.79 Å². The first kappa shape index (κ1) is 23.1. The van der Waals surface area contributed by atoms with Crippen LogP contribution in [0.4, 0.5) is 5.82 Å². The second kappa shape index (κ2) is 9.92. The Balaban J connectivity index is 1.51. The molecule has 0 aliphatic carbocycles. The molecule has 0 aliphatic heterocycles. The Morgan fingerprint density at radius 1 is 1.14 bits per heavy atom. The molecule has 5 rings (SSSR count). The number of nitrogen functional groups attached to an aromatic ring is 1. The number of oxazole rings is 1. The van der Waals surface area contributed by atoms with E-state index < -0.39 is 0 Å². The largest absolute Gasteiger partial charge is 0.489 e. The zero-order valence-electron chi connectivity index (χ0n) is 19.5. The summed E-state index contributed by atoms with van der Waals surface area (Å²) in [6, 6.07) is 7.18. The van der Waals surface area contributed by atoms with Gasteiger partial charge in [0.25, 0.3) is 0 Å². The Morgan fingerprint density at radius 3 is 2.83 bits per heavy atom. The van der Waals surface area contributed by atoms with Gasteiger partial charge in [0.2, 0.25) is 5.89 Å². The van der Waals surface area contributed by atoms with Gasteiger partial charge >= 0.3 is 0 Å². The third kappa shape index (κ3) is 4.51. The minimum absolute atomic E-state index is 0.0189. The second-order valence-corrected chi connectivity index (χ2v) is 7.98. The van der Waals surface area contributed by atoms with Crippen LogP contribution >= 0.6 is 0 Å². The highest BCUT2D eigenvalue weighted by Gasteiger charge is 2.23. The summed E-state index contributed by atoms with van der Waals surface area (Å²) in [5.74, 6) is 0.445. The average Bonchev–Trinajstić information content (AvgIpc) is 3.56. The van der Waals surface area contributed by atoms with Gasteiger partial charge in [0.1, 0.15) is 35.7 Å². The summed E-state index contributed by atoms with van der Waals surface area (Å²) < 4.78 is 12.9. The number of fused-ring (bicyclic) bond motifs is 1. The Labute approximate surface area is 205 Å². The number of Topliss-reactive ketones (excluding diaryl/α,β-unsaturated/α-hetero) is 1. The zero-order chi connectivity index (χ0) is 25.1. The molecule has 0 spiro atoms. The second-order valence-electron chi connectivity index (χ2n) is 7.98. The molecule has 5 heterocycles. The van der Waals surface area contributed by atoms with Gasteiger partial charge < -0.3 is 24.4 Å². The molecule has 0 aliphatic rings. The van der Waals surface area contributed by atoms with Crippen molar-refractivity contribution < 1.29 is 19.1 Å². The smallest absolute Gasteiger partial charge is 0.247 e. The van der Waals surface area contributed by atoms with E-state index in [1.54, 1.807) is 24.5 Å². The van der Waals surface area contributed by atoms with E-state index in [1.165, 1.54) is 12.5 Å². The highest BCUT2D eigenvalue weighted by atomic mass is 16.5. The van der Waals surface area contributed by atoms with Crippen LogP contribution in [0, 0.1) is 6.92 Å². The summed E-state index contributed by atoms with van der Waals surface area (Å²) in [6.07, 6.45) is 8.59. The van der Waals surface area contributed by atoms with Crippen LogP contribution in [-0.2, 0) is 6.42 Å². The summed E-state index contributed by atoms with van der Waals surface area (Å²) in [7, 11) is 0. The molecule has 5 aromatic rings. The van der Waals surface area contributed by atoms with Crippen LogP contribution in [0.5, 0.6) is 5.75 Å². The molecule has 0 aromatic carbocycles. The number of pyridine rings is 2. The number of nitrogens with zero attached hydrogens (tertiary/aromatic N) is 6. The molecule has 5 aromatic heterocycles. The van der Waals surface area contributed by atoms with E-state index in [1.807, 2.05) is 29.7 Å². The molecule has 0 atom stereocenters. The maximum Gasteiger partial charge on any atom is 0.247 e. The van der Waals surface area contributed by atoms with Crippen LogP contribution < -0.4 is 10.5 Å². The fourth-order valence-corrected chi connectivity index (χ4v) is 3.84. The molecule has 0 unspecified atom stereocenters. The molecule has 0 saturated carbocycles. The number of ketones is 1. The lowest BCUT2D eigenvalue weighted by Gasteiger charge is -2.12. The average molecular weight is 486 g/mol. The van der Waals surface area contributed by atoms with Crippen molar-refractivity contribution in [2.24, 2.45) is 0 Å². The van der Waals surface area contributed by atoms with Gasteiger partial charge in [-0.1, -0.05) is 0 Å². The monoisotopic (exact) mass is 485 g/mol. The molecule has 0 bridgehead atoms. The quantitative estimate of drug-likeness (QED) is 0.298. The predicted octanol–water partition coefficient (Wildman–Crippen LogP) is 2.92. The number of rotatable bonds is 9. The number of carbonyl (C=O) groups excluding carboxylic acids is 1. The Bertz CT molecular complexity index is 1530. The summed E-state index contributed by atoms with van der Waals surface area (Å²) in [4.78, 5) is 35.2. The first-order valence-electron chi connectivity index (χ1n) is 11.3. The predicted molar refractivity (Wildman–Crippen MR) is 130 cm³/mol. The van der Waals surface area contributed by atoms with Crippen molar-refractivity contribution in [1.82, 2.24) is 29.3 Å². The summed E-state index contributed by atoms with van der Waals surface area (Å²) in [5, 5.41) is 9.04. The molecule has 11 heteroatoms. The van der Waals surface area contributed by atoms with Crippen LogP contribution in [0.15, 0.2) is 59.7 Å². The van der Waals surface area contributed by atoms with Gasteiger partial charge in [0, 0.05) is 42.7 Å². The number of hydrogen-bond acceptors (Lipinski definition) is 10. The number of hydrogen-bond donors (Lipinski definition) is 2. The van der Waals surface area contributed by atoms with E-state index >= 15 is 0 Å². The molecule has 11 nitrogen and oxygen atoms in total. The minimum atomic E-state index is -0.293. The normalized spacial score (nSPS) is 11.2. The first-order chi connectivity index (χ1) is 17.5. The van der Waals surface area contributed by atoms with Gasteiger partial charge in [-0.05, 0) is 31.2 Å². The molecule has 36 heavy (non-hydrogen) atoms. The van der Waals surface area contributed by atoms with Crippen molar-refractivity contribution >= 4 is 17.2 Å². The number of nitrogens with two attached hydrogens (primary N) is 1. The van der Waals surface area contributed by atoms with Crippen LogP contribution in [0.3, 0.4) is 0 Å². The number of aromatic nitrogens is 6. The Morgan fingerprint density at radius 2 is 2.03 bits per heavy atom. The van der Waals surface area contributed by atoms with Gasteiger partial charge in [-0.2, -0.15) is 0 Å². The van der Waals surface area contributed by atoms with E-state index in [2.05, 4.69) is 24.9 Å². The lowest BCUT2D eigenvalue weighted by molar-refractivity contribution is 0.0978. The molecule has 0 fully saturated rings. The molecular weight excluding hydrogens is 462 g/mol. The number of aliphatic hydroxyl groups is 1. The standard InChI is InChI=1S/C25H23N7O4/c1-15-13-29-20-7-4-16(14-32(15)20)21-23(25-28-9-11-36-25)31-24(26)22(30-21)18(34)6-5-17-19(35-12-10-33)3-2-8-27-17/h2-4,7-9,11,13-14,33H,5-6,10,12H2,1H3,(H2,26,31). The molecule has 0 amide bonds. The van der Waals surface area contributed by atoms with Gasteiger partial charge in [-0.25, -0.2) is 19.9 Å². The topological polar surface area (TPSA) is 155 Å². The lowest BCUT2D eigenvalue weighted by Crippen LogP contribution is -2.13. The number of carbonyl (C=O) groups is 1. The van der Waals surface area contributed by atoms with Crippen molar-refractivity contribution in [3.05, 3.63) is 72.4 Å². The van der Waals surface area contributed by atoms with E-state index in [0.29, 0.717) is 34.8 Å². The van der Waals surface area contributed by atoms with Crippen molar-refractivity contribution in [1.29, 1.82) is 0 Å². The van der Waals surface area contributed by atoms with Crippen LogP contribution in [0.25, 0.3) is 28.5 Å². The third-order valence-corrected chi connectivity index (χ3v) is 5.57. The van der Waals surface area contributed by atoms with Crippen LogP contribution in [0.1, 0.15) is 28.3 Å². The summed E-state index contributed by atoms with van der Waals surface area (Å²) in [5.41, 5.74) is 10.0. The minimum Gasteiger partial charge on any atom is -0.489 e. The summed E-state index contributed by atoms with van der Waals surface area (Å²) in [6.45, 7) is 1.96.